The number of fused-ring (bicyclic) bond motifs is 3. The predicted octanol–water partition coefficient (Wildman–Crippen LogP) is 4.73. The number of nitrogens with zero attached hydrogens (tertiary/aromatic N) is 3. The third-order valence-corrected chi connectivity index (χ3v) is 5.79. The monoisotopic (exact) mass is 516 g/mol. The second-order valence-electron chi connectivity index (χ2n) is 6.94. The van der Waals surface area contributed by atoms with E-state index < -0.39 is 12.1 Å². The molecule has 0 spiro atoms. The van der Waals surface area contributed by atoms with Crippen LogP contribution in [0.5, 0.6) is 0 Å². The number of aromatic nitrogens is 3. The van der Waals surface area contributed by atoms with Gasteiger partial charge in [0.15, 0.2) is 0 Å². The van der Waals surface area contributed by atoms with E-state index in [0.29, 0.717) is 11.7 Å². The van der Waals surface area contributed by atoms with Gasteiger partial charge >= 0.3 is 6.09 Å². The van der Waals surface area contributed by atoms with Crippen LogP contribution in [0.4, 0.5) is 4.79 Å². The first-order valence-corrected chi connectivity index (χ1v) is 10.3. The Bertz CT molecular complexity index is 1250. The molecule has 5 rings (SSSR count). The third kappa shape index (κ3) is 3.14. The van der Waals surface area contributed by atoms with Gasteiger partial charge in [-0.25, -0.2) is 4.79 Å². The van der Waals surface area contributed by atoms with Crippen LogP contribution in [0.1, 0.15) is 28.8 Å². The molecule has 2 aromatic heterocycles. The number of aryl methyl sites for hydroxylation is 1. The van der Waals surface area contributed by atoms with E-state index in [-0.39, 0.29) is 6.61 Å². The van der Waals surface area contributed by atoms with E-state index in [0.717, 1.165) is 36.9 Å². The van der Waals surface area contributed by atoms with Crippen molar-refractivity contribution < 1.29 is 18.9 Å². The first-order chi connectivity index (χ1) is 14.5. The highest BCUT2D eigenvalue weighted by atomic mass is 127. The van der Waals surface area contributed by atoms with Crippen molar-refractivity contribution in [2.24, 2.45) is 0 Å². The molecule has 0 saturated heterocycles. The van der Waals surface area contributed by atoms with E-state index in [1.54, 1.807) is 6.92 Å². The lowest BCUT2D eigenvalue weighted by atomic mass is 9.97. The number of rotatable bonds is 2. The summed E-state index contributed by atoms with van der Waals surface area (Å²) in [6.07, 6.45) is -0.559. The van der Waals surface area contributed by atoms with Gasteiger partial charge in [-0.2, -0.15) is 10.0 Å². The molecule has 8 nitrogen and oxygen atoms in total. The molecule has 1 atom stereocenters. The predicted molar refractivity (Wildman–Crippen MR) is 116 cm³/mol. The van der Waals surface area contributed by atoms with Crippen LogP contribution in [-0.4, -0.2) is 33.4 Å². The topological polar surface area (TPSA) is 93.5 Å². The first kappa shape index (κ1) is 19.1. The van der Waals surface area contributed by atoms with Gasteiger partial charge in [0, 0.05) is 32.5 Å². The molecule has 0 bridgehead atoms. The van der Waals surface area contributed by atoms with E-state index in [4.69, 9.17) is 14.1 Å². The van der Waals surface area contributed by atoms with Crippen LogP contribution in [0.15, 0.2) is 47.0 Å². The molecule has 0 aliphatic carbocycles. The summed E-state index contributed by atoms with van der Waals surface area (Å²) in [5.41, 5.74) is 4.63. The van der Waals surface area contributed by atoms with Crippen molar-refractivity contribution in [1.82, 2.24) is 20.2 Å². The Morgan fingerprint density at radius 2 is 2.07 bits per heavy atom. The molecular weight excluding hydrogens is 499 g/mol. The summed E-state index contributed by atoms with van der Waals surface area (Å²) in [4.78, 5) is 26.0. The zero-order chi connectivity index (χ0) is 20.8. The minimum absolute atomic E-state index is 0.279. The second kappa shape index (κ2) is 7.40. The van der Waals surface area contributed by atoms with Gasteiger partial charge in [0.05, 0.1) is 12.8 Å². The van der Waals surface area contributed by atoms with E-state index in [2.05, 4.69) is 43.8 Å². The summed E-state index contributed by atoms with van der Waals surface area (Å²) in [7, 11) is 1.34. The number of carbonyl (C=O) groups excluding carboxylic acids is 1. The molecule has 1 N–H and O–H groups in total. The molecular formula is C21H17IN4O4. The van der Waals surface area contributed by atoms with Crippen molar-refractivity contribution >= 4 is 39.6 Å². The Labute approximate surface area is 185 Å². The number of aromatic amines is 1. The fraction of sp³-hybridized carbons (Fsp3) is 0.190. The highest BCUT2D eigenvalue weighted by Gasteiger charge is 2.36. The van der Waals surface area contributed by atoms with Crippen molar-refractivity contribution in [3.63, 3.8) is 0 Å². The summed E-state index contributed by atoms with van der Waals surface area (Å²) >= 11 is 2.29. The average molecular weight is 516 g/mol. The molecule has 1 amide bonds. The Hall–Kier alpha value is -2.92. The zero-order valence-electron chi connectivity index (χ0n) is 16.2. The highest BCUT2D eigenvalue weighted by molar-refractivity contribution is 14.1. The maximum Gasteiger partial charge on any atom is 0.434 e. The number of carbonyl (C=O) groups is 1. The number of benzene rings is 2. The van der Waals surface area contributed by atoms with Gasteiger partial charge in [-0.05, 0) is 46.4 Å². The number of hydrogen-bond acceptors (Lipinski definition) is 6. The summed E-state index contributed by atoms with van der Waals surface area (Å²) in [6.45, 7) is 2.03. The number of nitrogens with one attached hydrogen (secondary N) is 1. The number of amides is 1. The van der Waals surface area contributed by atoms with E-state index in [9.17, 15) is 4.79 Å². The average Bonchev–Trinajstić information content (AvgIpc) is 3.36. The standard InChI is InChI=1S/C21H17IN4O4/c1-11-23-20(25-30-11)13-5-3-12(4-6-13)19-18-16(10-29-26(19)21(27)28-2)15-9-14(22)7-8-17(15)24-18/h3-9,19,24H,10H2,1-2H3. The molecule has 0 radical (unpaired) electrons. The lowest BCUT2D eigenvalue weighted by Gasteiger charge is -2.33. The third-order valence-electron chi connectivity index (χ3n) is 5.12. The minimum atomic E-state index is -0.559. The van der Waals surface area contributed by atoms with Crippen LogP contribution < -0.4 is 0 Å². The van der Waals surface area contributed by atoms with Crippen LogP contribution in [-0.2, 0) is 16.2 Å². The number of hydrogen-bond donors (Lipinski definition) is 1. The fourth-order valence-electron chi connectivity index (χ4n) is 3.74. The van der Waals surface area contributed by atoms with E-state index in [1.165, 1.54) is 12.2 Å². The lowest BCUT2D eigenvalue weighted by molar-refractivity contribution is -0.173. The highest BCUT2D eigenvalue weighted by Crippen LogP contribution is 2.40. The molecule has 9 heteroatoms. The zero-order valence-corrected chi connectivity index (χ0v) is 18.3. The van der Waals surface area contributed by atoms with Crippen molar-refractivity contribution in [3.05, 3.63) is 68.7 Å². The van der Waals surface area contributed by atoms with Gasteiger partial charge < -0.3 is 14.2 Å². The largest absolute Gasteiger partial charge is 0.451 e. The lowest BCUT2D eigenvalue weighted by Crippen LogP contribution is -2.38. The maximum atomic E-state index is 12.5. The molecule has 4 aromatic rings. The SMILES string of the molecule is COC(=O)N1OCc2c([nH]c3ccc(I)cc23)C1c1ccc(-c2noc(C)n2)cc1. The van der Waals surface area contributed by atoms with Crippen LogP contribution in [0.2, 0.25) is 0 Å². The Balaban J connectivity index is 1.62. The summed E-state index contributed by atoms with van der Waals surface area (Å²) in [5.74, 6) is 1.02. The first-order valence-electron chi connectivity index (χ1n) is 9.26. The molecule has 0 saturated carbocycles. The van der Waals surface area contributed by atoms with Gasteiger partial charge in [-0.15, -0.1) is 0 Å². The van der Waals surface area contributed by atoms with Crippen LogP contribution in [0.25, 0.3) is 22.3 Å². The number of hydroxylamine groups is 2. The molecule has 152 valence electrons. The molecule has 2 aromatic carbocycles. The van der Waals surface area contributed by atoms with Crippen LogP contribution in [0, 0.1) is 10.5 Å². The van der Waals surface area contributed by atoms with Crippen molar-refractivity contribution in [1.29, 1.82) is 0 Å². The molecule has 1 aliphatic heterocycles. The van der Waals surface area contributed by atoms with E-state index in [1.807, 2.05) is 36.4 Å². The Morgan fingerprint density at radius 3 is 2.77 bits per heavy atom. The maximum absolute atomic E-state index is 12.5. The summed E-state index contributed by atoms with van der Waals surface area (Å²) < 4.78 is 11.2. The van der Waals surface area contributed by atoms with Crippen molar-refractivity contribution in [2.45, 2.75) is 19.6 Å². The summed E-state index contributed by atoms with van der Waals surface area (Å²) in [6, 6.07) is 13.4. The van der Waals surface area contributed by atoms with Crippen molar-refractivity contribution in [3.8, 4) is 11.4 Å². The minimum Gasteiger partial charge on any atom is -0.451 e. The quantitative estimate of drug-likeness (QED) is 0.387. The normalized spacial score (nSPS) is 16.0. The Kier molecular flexibility index (Phi) is 4.70. The number of ether oxygens (including phenoxy) is 1. The smallest absolute Gasteiger partial charge is 0.434 e. The van der Waals surface area contributed by atoms with Gasteiger partial charge in [-0.3, -0.25) is 4.84 Å². The molecule has 0 fully saturated rings. The van der Waals surface area contributed by atoms with Gasteiger partial charge in [0.2, 0.25) is 11.7 Å². The molecule has 3 heterocycles. The fourth-order valence-corrected chi connectivity index (χ4v) is 4.23. The number of H-pyrrole nitrogens is 1. The molecule has 1 aliphatic rings. The second-order valence-corrected chi connectivity index (χ2v) is 8.18. The van der Waals surface area contributed by atoms with Gasteiger partial charge in [-0.1, -0.05) is 29.4 Å². The van der Waals surface area contributed by atoms with Crippen molar-refractivity contribution in [2.75, 3.05) is 7.11 Å². The van der Waals surface area contributed by atoms with E-state index >= 15 is 0 Å². The number of methoxy groups -OCH3 is 1. The van der Waals surface area contributed by atoms with Crippen LogP contribution >= 0.6 is 22.6 Å². The molecule has 1 unspecified atom stereocenters. The summed E-state index contributed by atoms with van der Waals surface area (Å²) in [5, 5.41) is 6.32. The van der Waals surface area contributed by atoms with Gasteiger partial charge in [0.1, 0.15) is 12.6 Å². The van der Waals surface area contributed by atoms with Gasteiger partial charge in [0.25, 0.3) is 0 Å². The number of halogens is 1. The van der Waals surface area contributed by atoms with Crippen LogP contribution in [0.3, 0.4) is 0 Å². The Morgan fingerprint density at radius 1 is 1.27 bits per heavy atom. The molecule has 30 heavy (non-hydrogen) atoms.